The average Bonchev–Trinajstić information content (AvgIpc) is 2.14. The van der Waals surface area contributed by atoms with Gasteiger partial charge in [0.25, 0.3) is 0 Å². The molecule has 1 aliphatic rings. The minimum atomic E-state index is 0.620. The van der Waals surface area contributed by atoms with Crippen LogP contribution in [0.1, 0.15) is 27.2 Å². The summed E-state index contributed by atoms with van der Waals surface area (Å²) in [7, 11) is 2.22. The van der Waals surface area contributed by atoms with Gasteiger partial charge >= 0.3 is 0 Å². The number of hydrogen-bond acceptors (Lipinski definition) is 3. The molecule has 0 aromatic heterocycles. The zero-order chi connectivity index (χ0) is 11.3. The first kappa shape index (κ1) is 12.9. The van der Waals surface area contributed by atoms with E-state index in [2.05, 4.69) is 42.9 Å². The maximum absolute atomic E-state index is 3.47. The summed E-state index contributed by atoms with van der Waals surface area (Å²) in [6.45, 7) is 12.8. The first-order chi connectivity index (χ1) is 7.09. The Morgan fingerprint density at radius 3 is 2.67 bits per heavy atom. The monoisotopic (exact) mass is 213 g/mol. The molecule has 0 radical (unpaired) electrons. The second kappa shape index (κ2) is 6.46. The Hall–Kier alpha value is -0.120. The van der Waals surface area contributed by atoms with E-state index in [0.29, 0.717) is 6.04 Å². The van der Waals surface area contributed by atoms with Crippen LogP contribution in [0.15, 0.2) is 0 Å². The van der Waals surface area contributed by atoms with Gasteiger partial charge in [-0.15, -0.1) is 0 Å². The number of hydrogen-bond donors (Lipinski definition) is 1. The molecule has 0 amide bonds. The van der Waals surface area contributed by atoms with Gasteiger partial charge in [-0.3, -0.25) is 4.90 Å². The lowest BCUT2D eigenvalue weighted by Crippen LogP contribution is -2.50. The maximum Gasteiger partial charge on any atom is 0.0195 e. The van der Waals surface area contributed by atoms with E-state index in [1.165, 1.54) is 32.6 Å². The molecule has 0 spiro atoms. The van der Waals surface area contributed by atoms with Crippen LogP contribution in [0.4, 0.5) is 0 Å². The molecule has 1 atom stereocenters. The van der Waals surface area contributed by atoms with Crippen LogP contribution in [0.3, 0.4) is 0 Å². The lowest BCUT2D eigenvalue weighted by atomic mass is 10.2. The molecule has 0 bridgehead atoms. The van der Waals surface area contributed by atoms with Crippen molar-refractivity contribution in [2.45, 2.75) is 39.3 Å². The molecule has 1 heterocycles. The Kier molecular flexibility index (Phi) is 5.58. The van der Waals surface area contributed by atoms with E-state index in [1.54, 1.807) is 0 Å². The van der Waals surface area contributed by atoms with Gasteiger partial charge in [0.2, 0.25) is 0 Å². The Bertz CT molecular complexity index is 170. The fraction of sp³-hybridized carbons (Fsp3) is 1.00. The van der Waals surface area contributed by atoms with Gasteiger partial charge in [0.1, 0.15) is 0 Å². The van der Waals surface area contributed by atoms with Crippen molar-refractivity contribution >= 4 is 0 Å². The zero-order valence-corrected chi connectivity index (χ0v) is 10.8. The van der Waals surface area contributed by atoms with E-state index in [1.807, 2.05) is 0 Å². The molecule has 3 nitrogen and oxygen atoms in total. The number of likely N-dealkylation sites (N-methyl/N-ethyl adjacent to an activating group) is 1. The Balaban J connectivity index is 2.10. The van der Waals surface area contributed by atoms with Gasteiger partial charge < -0.3 is 10.2 Å². The van der Waals surface area contributed by atoms with Crippen LogP contribution in [0, 0.1) is 0 Å². The van der Waals surface area contributed by atoms with Crippen LogP contribution < -0.4 is 5.32 Å². The van der Waals surface area contributed by atoms with Crippen molar-refractivity contribution in [3.63, 3.8) is 0 Å². The maximum atomic E-state index is 3.47. The number of rotatable bonds is 5. The molecule has 0 aromatic rings. The van der Waals surface area contributed by atoms with Crippen LogP contribution in [0.25, 0.3) is 0 Å². The summed E-state index contributed by atoms with van der Waals surface area (Å²) in [6.07, 6.45) is 1.27. The zero-order valence-electron chi connectivity index (χ0n) is 10.8. The third-order valence-corrected chi connectivity index (χ3v) is 3.14. The van der Waals surface area contributed by atoms with Gasteiger partial charge in [-0.1, -0.05) is 13.8 Å². The third kappa shape index (κ3) is 4.96. The predicted octanol–water partition coefficient (Wildman–Crippen LogP) is 1.01. The van der Waals surface area contributed by atoms with Gasteiger partial charge in [0.05, 0.1) is 0 Å². The molecule has 1 saturated heterocycles. The Labute approximate surface area is 94.8 Å². The molecule has 0 saturated carbocycles. The van der Waals surface area contributed by atoms with Crippen molar-refractivity contribution in [2.24, 2.45) is 0 Å². The second-order valence-electron chi connectivity index (χ2n) is 5.11. The van der Waals surface area contributed by atoms with Crippen molar-refractivity contribution in [1.29, 1.82) is 0 Å². The minimum Gasteiger partial charge on any atom is -0.314 e. The lowest BCUT2D eigenvalue weighted by Gasteiger charge is -2.38. The highest BCUT2D eigenvalue weighted by Crippen LogP contribution is 2.07. The number of nitrogens with one attached hydrogen (secondary N) is 1. The van der Waals surface area contributed by atoms with Gasteiger partial charge in [-0.05, 0) is 33.5 Å². The molecule has 1 unspecified atom stereocenters. The fourth-order valence-electron chi connectivity index (χ4n) is 2.18. The summed E-state index contributed by atoms with van der Waals surface area (Å²) < 4.78 is 0. The Morgan fingerprint density at radius 2 is 2.07 bits per heavy atom. The summed E-state index contributed by atoms with van der Waals surface area (Å²) in [6, 6.07) is 1.35. The van der Waals surface area contributed by atoms with Crippen molar-refractivity contribution in [3.8, 4) is 0 Å². The molecular weight excluding hydrogens is 186 g/mol. The van der Waals surface area contributed by atoms with E-state index >= 15 is 0 Å². The molecule has 0 aromatic carbocycles. The standard InChI is InChI=1S/C12H27N3/c1-11(2)13-6-5-7-15-9-8-14(4)10-12(15)3/h11-13H,5-10H2,1-4H3. The Morgan fingerprint density at radius 1 is 1.33 bits per heavy atom. The smallest absolute Gasteiger partial charge is 0.0195 e. The van der Waals surface area contributed by atoms with E-state index in [4.69, 9.17) is 0 Å². The SMILES string of the molecule is CC(C)NCCCN1CCN(C)CC1C. The largest absolute Gasteiger partial charge is 0.314 e. The van der Waals surface area contributed by atoms with Crippen molar-refractivity contribution < 1.29 is 0 Å². The number of nitrogens with zero attached hydrogens (tertiary/aromatic N) is 2. The van der Waals surface area contributed by atoms with E-state index in [0.717, 1.165) is 12.6 Å². The van der Waals surface area contributed by atoms with E-state index in [-0.39, 0.29) is 0 Å². The quantitative estimate of drug-likeness (QED) is 0.688. The summed E-state index contributed by atoms with van der Waals surface area (Å²) in [4.78, 5) is 5.04. The van der Waals surface area contributed by atoms with Crippen LogP contribution >= 0.6 is 0 Å². The highest BCUT2D eigenvalue weighted by atomic mass is 15.3. The first-order valence-corrected chi connectivity index (χ1v) is 6.25. The molecule has 15 heavy (non-hydrogen) atoms. The summed E-state index contributed by atoms with van der Waals surface area (Å²) in [5, 5.41) is 3.47. The highest BCUT2D eigenvalue weighted by Gasteiger charge is 2.20. The molecule has 90 valence electrons. The minimum absolute atomic E-state index is 0.620. The summed E-state index contributed by atoms with van der Waals surface area (Å²) in [5.41, 5.74) is 0. The predicted molar refractivity (Wildman–Crippen MR) is 66.3 cm³/mol. The molecular formula is C12H27N3. The molecule has 1 fully saturated rings. The topological polar surface area (TPSA) is 18.5 Å². The molecule has 1 rings (SSSR count). The first-order valence-electron chi connectivity index (χ1n) is 6.25. The molecule has 3 heteroatoms. The average molecular weight is 213 g/mol. The lowest BCUT2D eigenvalue weighted by molar-refractivity contribution is 0.0990. The van der Waals surface area contributed by atoms with Crippen molar-refractivity contribution in [2.75, 3.05) is 39.8 Å². The van der Waals surface area contributed by atoms with Crippen molar-refractivity contribution in [3.05, 3.63) is 0 Å². The molecule has 1 aliphatic heterocycles. The van der Waals surface area contributed by atoms with Crippen LogP contribution in [0.2, 0.25) is 0 Å². The van der Waals surface area contributed by atoms with Gasteiger partial charge in [0.15, 0.2) is 0 Å². The van der Waals surface area contributed by atoms with Gasteiger partial charge in [-0.2, -0.15) is 0 Å². The van der Waals surface area contributed by atoms with Crippen molar-refractivity contribution in [1.82, 2.24) is 15.1 Å². The van der Waals surface area contributed by atoms with Crippen LogP contribution in [-0.2, 0) is 0 Å². The van der Waals surface area contributed by atoms with Crippen LogP contribution in [0.5, 0.6) is 0 Å². The fourth-order valence-corrected chi connectivity index (χ4v) is 2.18. The third-order valence-electron chi connectivity index (χ3n) is 3.14. The summed E-state index contributed by atoms with van der Waals surface area (Å²) >= 11 is 0. The van der Waals surface area contributed by atoms with Gasteiger partial charge in [0, 0.05) is 31.7 Å². The van der Waals surface area contributed by atoms with Gasteiger partial charge in [-0.25, -0.2) is 0 Å². The molecule has 0 aliphatic carbocycles. The number of piperazine rings is 1. The highest BCUT2D eigenvalue weighted by molar-refractivity contribution is 4.77. The molecule has 1 N–H and O–H groups in total. The van der Waals surface area contributed by atoms with E-state index < -0.39 is 0 Å². The van der Waals surface area contributed by atoms with E-state index in [9.17, 15) is 0 Å². The van der Waals surface area contributed by atoms with Crippen LogP contribution in [-0.4, -0.2) is 61.7 Å². The second-order valence-corrected chi connectivity index (χ2v) is 5.11. The summed E-state index contributed by atoms with van der Waals surface area (Å²) in [5.74, 6) is 0. The normalized spacial score (nSPS) is 25.0.